The summed E-state index contributed by atoms with van der Waals surface area (Å²) in [6.07, 6.45) is 3.85. The molecule has 8 heteroatoms. The van der Waals surface area contributed by atoms with Gasteiger partial charge in [0.05, 0.1) is 12.6 Å². The van der Waals surface area contributed by atoms with Gasteiger partial charge in [0.2, 0.25) is 5.91 Å². The zero-order valence-corrected chi connectivity index (χ0v) is 15.1. The van der Waals surface area contributed by atoms with Crippen molar-refractivity contribution in [3.05, 3.63) is 35.9 Å². The van der Waals surface area contributed by atoms with Crippen molar-refractivity contribution in [2.75, 3.05) is 19.8 Å². The average Bonchev–Trinajstić information content (AvgIpc) is 3.36. The van der Waals surface area contributed by atoms with Gasteiger partial charge in [-0.2, -0.15) is 4.98 Å². The average molecular weight is 374 g/mol. The summed E-state index contributed by atoms with van der Waals surface area (Å²) in [5.74, 6) is 0.243. The van der Waals surface area contributed by atoms with E-state index in [1.54, 1.807) is 12.1 Å². The molecular formula is C19H23FN4O3. The Hall–Kier alpha value is -2.32. The number of carbonyl (C=O) groups excluding carboxylic acids is 1. The van der Waals surface area contributed by atoms with Gasteiger partial charge in [-0.3, -0.25) is 9.69 Å². The lowest BCUT2D eigenvalue weighted by atomic mass is 10.1. The lowest BCUT2D eigenvalue weighted by Crippen LogP contribution is -2.49. The molecule has 2 aliphatic rings. The summed E-state index contributed by atoms with van der Waals surface area (Å²) in [7, 11) is 0. The monoisotopic (exact) mass is 374 g/mol. The van der Waals surface area contributed by atoms with E-state index in [0.29, 0.717) is 17.4 Å². The second-order valence-corrected chi connectivity index (χ2v) is 6.98. The summed E-state index contributed by atoms with van der Waals surface area (Å²) in [4.78, 5) is 19.2. The quantitative estimate of drug-likeness (QED) is 0.864. The number of benzene rings is 1. The Bertz CT molecular complexity index is 791. The first-order valence-corrected chi connectivity index (χ1v) is 9.40. The van der Waals surface area contributed by atoms with Gasteiger partial charge in [0, 0.05) is 24.8 Å². The Morgan fingerprint density at radius 1 is 1.30 bits per heavy atom. The van der Waals surface area contributed by atoms with E-state index in [0.717, 1.165) is 45.4 Å². The Balaban J connectivity index is 1.35. The number of ether oxygens (including phenoxy) is 1. The van der Waals surface area contributed by atoms with Crippen LogP contribution in [0.3, 0.4) is 0 Å². The third-order valence-electron chi connectivity index (χ3n) is 5.22. The molecule has 27 heavy (non-hydrogen) atoms. The molecule has 0 bridgehead atoms. The largest absolute Gasteiger partial charge is 0.381 e. The van der Waals surface area contributed by atoms with E-state index in [2.05, 4.69) is 20.4 Å². The van der Waals surface area contributed by atoms with Crippen molar-refractivity contribution in [1.29, 1.82) is 0 Å². The van der Waals surface area contributed by atoms with Gasteiger partial charge < -0.3 is 14.6 Å². The molecule has 0 spiro atoms. The van der Waals surface area contributed by atoms with Crippen LogP contribution in [0, 0.1) is 5.82 Å². The Kier molecular flexibility index (Phi) is 5.45. The minimum Gasteiger partial charge on any atom is -0.381 e. The van der Waals surface area contributed by atoms with Crippen LogP contribution in [0.1, 0.15) is 31.5 Å². The van der Waals surface area contributed by atoms with E-state index in [4.69, 9.17) is 9.26 Å². The summed E-state index contributed by atoms with van der Waals surface area (Å²) in [5, 5.41) is 6.79. The number of nitrogens with zero attached hydrogens (tertiary/aromatic N) is 3. The SMILES string of the molecule is O=C(NCc1noc(-c2cccc(F)c2)n1)C1CCCN1C1CCOCC1. The molecule has 4 rings (SSSR count). The maximum absolute atomic E-state index is 13.3. The van der Waals surface area contributed by atoms with Gasteiger partial charge in [0.1, 0.15) is 5.82 Å². The topological polar surface area (TPSA) is 80.5 Å². The highest BCUT2D eigenvalue weighted by molar-refractivity contribution is 5.82. The highest BCUT2D eigenvalue weighted by Gasteiger charge is 2.35. The first-order chi connectivity index (χ1) is 13.2. The van der Waals surface area contributed by atoms with Crippen molar-refractivity contribution in [3.8, 4) is 11.5 Å². The van der Waals surface area contributed by atoms with E-state index in [1.807, 2.05) is 0 Å². The fourth-order valence-electron chi connectivity index (χ4n) is 3.87. The smallest absolute Gasteiger partial charge is 0.258 e. The molecule has 0 radical (unpaired) electrons. The van der Waals surface area contributed by atoms with Crippen LogP contribution in [0.15, 0.2) is 28.8 Å². The van der Waals surface area contributed by atoms with Crippen LogP contribution in [0.4, 0.5) is 4.39 Å². The highest BCUT2D eigenvalue weighted by atomic mass is 19.1. The van der Waals surface area contributed by atoms with Gasteiger partial charge in [-0.05, 0) is 50.4 Å². The van der Waals surface area contributed by atoms with Crippen molar-refractivity contribution in [2.45, 2.75) is 44.3 Å². The fourth-order valence-corrected chi connectivity index (χ4v) is 3.87. The number of hydrogen-bond acceptors (Lipinski definition) is 6. The van der Waals surface area contributed by atoms with E-state index in [1.165, 1.54) is 12.1 Å². The molecule has 144 valence electrons. The zero-order valence-electron chi connectivity index (χ0n) is 15.1. The number of rotatable bonds is 5. The van der Waals surface area contributed by atoms with Gasteiger partial charge in [-0.15, -0.1) is 0 Å². The van der Waals surface area contributed by atoms with Gasteiger partial charge in [-0.1, -0.05) is 11.2 Å². The van der Waals surface area contributed by atoms with Crippen LogP contribution in [0.2, 0.25) is 0 Å². The summed E-state index contributed by atoms with van der Waals surface area (Å²) in [6.45, 7) is 2.67. The van der Waals surface area contributed by atoms with Gasteiger partial charge in [0.25, 0.3) is 5.89 Å². The van der Waals surface area contributed by atoms with Crippen molar-refractivity contribution < 1.29 is 18.4 Å². The molecular weight excluding hydrogens is 351 g/mol. The van der Waals surface area contributed by atoms with E-state index < -0.39 is 0 Å². The minimum absolute atomic E-state index is 0.00361. The molecule has 2 fully saturated rings. The third-order valence-corrected chi connectivity index (χ3v) is 5.22. The lowest BCUT2D eigenvalue weighted by Gasteiger charge is -2.34. The summed E-state index contributed by atoms with van der Waals surface area (Å²) in [6, 6.07) is 6.28. The normalized spacial score (nSPS) is 21.4. The molecule has 7 nitrogen and oxygen atoms in total. The third kappa shape index (κ3) is 4.17. The Labute approximate surface area is 156 Å². The van der Waals surface area contributed by atoms with Crippen molar-refractivity contribution >= 4 is 5.91 Å². The van der Waals surface area contributed by atoms with Gasteiger partial charge in [-0.25, -0.2) is 4.39 Å². The van der Waals surface area contributed by atoms with Crippen LogP contribution in [0.25, 0.3) is 11.5 Å². The molecule has 0 aliphatic carbocycles. The van der Waals surface area contributed by atoms with Crippen molar-refractivity contribution in [3.63, 3.8) is 0 Å². The van der Waals surface area contributed by atoms with Gasteiger partial charge in [0.15, 0.2) is 5.82 Å². The van der Waals surface area contributed by atoms with Gasteiger partial charge >= 0.3 is 0 Å². The molecule has 1 N–H and O–H groups in total. The molecule has 2 aromatic rings. The molecule has 1 amide bonds. The Morgan fingerprint density at radius 2 is 2.15 bits per heavy atom. The van der Waals surface area contributed by atoms with Crippen LogP contribution in [-0.2, 0) is 16.1 Å². The molecule has 0 saturated carbocycles. The molecule has 1 unspecified atom stereocenters. The van der Waals surface area contributed by atoms with E-state index in [-0.39, 0.29) is 30.2 Å². The minimum atomic E-state index is -0.366. The predicted octanol–water partition coefficient (Wildman–Crippen LogP) is 2.14. The first kappa shape index (κ1) is 18.1. The Morgan fingerprint density at radius 3 is 2.96 bits per heavy atom. The fraction of sp³-hybridized carbons (Fsp3) is 0.526. The molecule has 1 aromatic carbocycles. The van der Waals surface area contributed by atoms with Crippen LogP contribution in [-0.4, -0.2) is 52.8 Å². The highest BCUT2D eigenvalue weighted by Crippen LogP contribution is 2.25. The second kappa shape index (κ2) is 8.14. The summed E-state index contributed by atoms with van der Waals surface area (Å²) >= 11 is 0. The molecule has 2 aliphatic heterocycles. The first-order valence-electron chi connectivity index (χ1n) is 9.40. The van der Waals surface area contributed by atoms with E-state index >= 15 is 0 Å². The summed E-state index contributed by atoms with van der Waals surface area (Å²) < 4.78 is 23.9. The number of hydrogen-bond donors (Lipinski definition) is 1. The standard InChI is InChI=1S/C19H23FN4O3/c20-14-4-1-3-13(11-14)19-22-17(23-27-19)12-21-18(25)16-5-2-8-24(16)15-6-9-26-10-7-15/h1,3-4,11,15-16H,2,5-10,12H2,(H,21,25). The van der Waals surface area contributed by atoms with Crippen molar-refractivity contribution in [1.82, 2.24) is 20.4 Å². The van der Waals surface area contributed by atoms with Crippen LogP contribution < -0.4 is 5.32 Å². The predicted molar refractivity (Wildman–Crippen MR) is 95.1 cm³/mol. The number of likely N-dealkylation sites (tertiary alicyclic amines) is 1. The summed E-state index contributed by atoms with van der Waals surface area (Å²) in [5.41, 5.74) is 0.515. The number of amides is 1. The van der Waals surface area contributed by atoms with Crippen molar-refractivity contribution in [2.24, 2.45) is 0 Å². The molecule has 2 saturated heterocycles. The second-order valence-electron chi connectivity index (χ2n) is 6.98. The van der Waals surface area contributed by atoms with Crippen LogP contribution in [0.5, 0.6) is 0 Å². The number of carbonyl (C=O) groups is 1. The zero-order chi connectivity index (χ0) is 18.6. The number of aromatic nitrogens is 2. The number of nitrogens with one attached hydrogen (secondary N) is 1. The molecule has 3 heterocycles. The molecule has 1 aromatic heterocycles. The van der Waals surface area contributed by atoms with Crippen LogP contribution >= 0.6 is 0 Å². The molecule has 1 atom stereocenters. The number of halogens is 1. The maximum Gasteiger partial charge on any atom is 0.258 e. The maximum atomic E-state index is 13.3. The van der Waals surface area contributed by atoms with E-state index in [9.17, 15) is 9.18 Å². The lowest BCUT2D eigenvalue weighted by molar-refractivity contribution is -0.127.